The van der Waals surface area contributed by atoms with E-state index in [1.165, 1.54) is 28.2 Å². The Morgan fingerprint density at radius 3 is 2.22 bits per heavy atom. The van der Waals surface area contributed by atoms with E-state index in [0.717, 1.165) is 0 Å². The topological polar surface area (TPSA) is 63.7 Å². The van der Waals surface area contributed by atoms with Gasteiger partial charge in [0.15, 0.2) is 0 Å². The van der Waals surface area contributed by atoms with Gasteiger partial charge in [-0.2, -0.15) is 0 Å². The van der Waals surface area contributed by atoms with E-state index >= 15 is 0 Å². The molecule has 0 radical (unpaired) electrons. The fourth-order valence-corrected chi connectivity index (χ4v) is 4.90. The fraction of sp³-hybridized carbons (Fsp3) is 0.381. The molecular weight excluding hydrogens is 366 g/mol. The zero-order valence-electron chi connectivity index (χ0n) is 15.4. The molecule has 1 aromatic rings. The molecular formula is C21H20ClNO4. The van der Waals surface area contributed by atoms with Crippen LogP contribution in [0.2, 0.25) is 5.02 Å². The number of nitrogens with zero attached hydrogens (tertiary/aromatic N) is 1. The maximum absolute atomic E-state index is 13.1. The highest BCUT2D eigenvalue weighted by Crippen LogP contribution is 2.57. The number of benzene rings is 1. The van der Waals surface area contributed by atoms with Crippen LogP contribution in [0.3, 0.4) is 0 Å². The summed E-state index contributed by atoms with van der Waals surface area (Å²) in [6.07, 6.45) is 4.10. The molecule has 4 rings (SSSR count). The summed E-state index contributed by atoms with van der Waals surface area (Å²) in [4.78, 5) is 39.6. The average Bonchev–Trinajstić information content (AvgIpc) is 3.26. The minimum Gasteiger partial charge on any atom is -0.462 e. The normalized spacial score (nSPS) is 28.1. The summed E-state index contributed by atoms with van der Waals surface area (Å²) in [5.41, 5.74) is 2.90. The molecule has 2 fully saturated rings. The van der Waals surface area contributed by atoms with Crippen LogP contribution in [-0.4, -0.2) is 24.4 Å². The van der Waals surface area contributed by atoms with Crippen molar-refractivity contribution < 1.29 is 19.1 Å². The Balaban J connectivity index is 1.72. The van der Waals surface area contributed by atoms with Gasteiger partial charge in [-0.05, 0) is 39.0 Å². The number of ether oxygens (including phenoxy) is 1. The molecule has 1 heterocycles. The summed E-state index contributed by atoms with van der Waals surface area (Å²) < 4.78 is 5.01. The monoisotopic (exact) mass is 385 g/mol. The third-order valence-electron chi connectivity index (χ3n) is 5.70. The summed E-state index contributed by atoms with van der Waals surface area (Å²) in [6, 6.07) is 4.58. The lowest BCUT2D eigenvalue weighted by Crippen LogP contribution is -2.33. The number of allylic oxidation sites excluding steroid dienone is 4. The van der Waals surface area contributed by atoms with Crippen LogP contribution in [0.25, 0.3) is 0 Å². The Hall–Kier alpha value is -2.40. The van der Waals surface area contributed by atoms with Gasteiger partial charge in [-0.3, -0.25) is 9.59 Å². The Morgan fingerprint density at radius 2 is 1.70 bits per heavy atom. The van der Waals surface area contributed by atoms with Crippen LogP contribution in [0.5, 0.6) is 0 Å². The first-order chi connectivity index (χ1) is 12.9. The van der Waals surface area contributed by atoms with Gasteiger partial charge in [0.2, 0.25) is 11.8 Å². The number of halogens is 1. The van der Waals surface area contributed by atoms with Gasteiger partial charge in [0.25, 0.3) is 0 Å². The van der Waals surface area contributed by atoms with Crippen LogP contribution in [0.4, 0.5) is 5.69 Å². The molecule has 2 aliphatic carbocycles. The predicted octanol–water partition coefficient (Wildman–Crippen LogP) is 3.77. The molecule has 0 N–H and O–H groups in total. The van der Waals surface area contributed by atoms with E-state index in [9.17, 15) is 14.4 Å². The molecule has 1 aliphatic heterocycles. The number of carbonyl (C=O) groups excluding carboxylic acids is 3. The second-order valence-corrected chi connectivity index (χ2v) is 7.75. The molecule has 0 aromatic heterocycles. The van der Waals surface area contributed by atoms with E-state index in [2.05, 4.69) is 12.2 Å². The Kier molecular flexibility index (Phi) is 4.22. The van der Waals surface area contributed by atoms with Crippen molar-refractivity contribution in [1.82, 2.24) is 0 Å². The molecule has 2 amide bonds. The Labute approximate surface area is 162 Å². The number of fused-ring (bicyclic) bond motifs is 5. The number of carbonyl (C=O) groups is 3. The van der Waals surface area contributed by atoms with Crippen molar-refractivity contribution >= 4 is 35.1 Å². The summed E-state index contributed by atoms with van der Waals surface area (Å²) in [5, 5.41) is 0.227. The van der Waals surface area contributed by atoms with Crippen LogP contribution >= 0.6 is 11.6 Å². The lowest BCUT2D eigenvalue weighted by molar-refractivity contribution is -0.122. The molecule has 1 aromatic carbocycles. The van der Waals surface area contributed by atoms with Crippen molar-refractivity contribution in [2.45, 2.75) is 20.8 Å². The molecule has 1 saturated heterocycles. The van der Waals surface area contributed by atoms with Gasteiger partial charge in [0.1, 0.15) is 0 Å². The second kappa shape index (κ2) is 6.34. The number of esters is 1. The highest BCUT2D eigenvalue weighted by molar-refractivity contribution is 6.34. The molecule has 27 heavy (non-hydrogen) atoms. The van der Waals surface area contributed by atoms with Gasteiger partial charge >= 0.3 is 5.97 Å². The van der Waals surface area contributed by atoms with Gasteiger partial charge in [-0.25, -0.2) is 9.69 Å². The first-order valence-corrected chi connectivity index (χ1v) is 9.44. The predicted molar refractivity (Wildman–Crippen MR) is 101 cm³/mol. The summed E-state index contributed by atoms with van der Waals surface area (Å²) in [6.45, 7) is 5.97. The molecule has 2 bridgehead atoms. The third-order valence-corrected chi connectivity index (χ3v) is 6.03. The zero-order valence-corrected chi connectivity index (χ0v) is 16.1. The number of hydrogen-bond acceptors (Lipinski definition) is 4. The van der Waals surface area contributed by atoms with Gasteiger partial charge in [0.05, 0.1) is 34.7 Å². The SMILES string of the molecule is CCOC(=O)c1cc(N2C(=O)[C@H]3[C@H](C2=O)[C@H]2C=C[C@@H]3C2=C(C)C)ccc1Cl. The van der Waals surface area contributed by atoms with Gasteiger partial charge < -0.3 is 4.74 Å². The number of anilines is 1. The van der Waals surface area contributed by atoms with E-state index in [0.29, 0.717) is 5.69 Å². The van der Waals surface area contributed by atoms with Crippen molar-refractivity contribution in [3.63, 3.8) is 0 Å². The van der Waals surface area contributed by atoms with Crippen LogP contribution in [0.1, 0.15) is 31.1 Å². The van der Waals surface area contributed by atoms with Crippen molar-refractivity contribution in [2.24, 2.45) is 23.7 Å². The van der Waals surface area contributed by atoms with E-state index < -0.39 is 5.97 Å². The standard InChI is InChI=1S/C21H20ClNO4/c1-4-27-21(26)14-9-11(5-8-15(14)22)23-19(24)17-12-6-7-13(16(12)10(2)3)18(17)20(23)25/h5-9,12-13,17-18H,4H2,1-3H3/t12-,13+,17-,18-/m1/s1. The molecule has 1 saturated carbocycles. The smallest absolute Gasteiger partial charge is 0.339 e. The van der Waals surface area contributed by atoms with Gasteiger partial charge in [-0.15, -0.1) is 0 Å². The Morgan fingerprint density at radius 1 is 1.11 bits per heavy atom. The lowest BCUT2D eigenvalue weighted by atomic mass is 9.85. The van der Waals surface area contributed by atoms with Crippen molar-refractivity contribution in [3.8, 4) is 0 Å². The third kappa shape index (κ3) is 2.48. The van der Waals surface area contributed by atoms with E-state index in [1.54, 1.807) is 13.0 Å². The second-order valence-electron chi connectivity index (χ2n) is 7.34. The quantitative estimate of drug-likeness (QED) is 0.451. The molecule has 140 valence electrons. The molecule has 3 aliphatic rings. The molecule has 6 heteroatoms. The number of imide groups is 1. The van der Waals surface area contributed by atoms with Crippen molar-refractivity contribution in [3.05, 3.63) is 52.1 Å². The fourth-order valence-electron chi connectivity index (χ4n) is 4.70. The number of rotatable bonds is 3. The van der Waals surface area contributed by atoms with Gasteiger partial charge in [-0.1, -0.05) is 34.9 Å². The summed E-state index contributed by atoms with van der Waals surface area (Å²) >= 11 is 6.11. The number of amides is 2. The van der Waals surface area contributed by atoms with Crippen molar-refractivity contribution in [1.29, 1.82) is 0 Å². The largest absolute Gasteiger partial charge is 0.462 e. The number of hydrogen-bond donors (Lipinski definition) is 0. The highest BCUT2D eigenvalue weighted by atomic mass is 35.5. The highest BCUT2D eigenvalue weighted by Gasteiger charge is 2.61. The average molecular weight is 386 g/mol. The van der Waals surface area contributed by atoms with Crippen LogP contribution in [-0.2, 0) is 14.3 Å². The molecule has 0 unspecified atom stereocenters. The molecule has 0 spiro atoms. The van der Waals surface area contributed by atoms with Crippen LogP contribution in [0, 0.1) is 23.7 Å². The van der Waals surface area contributed by atoms with Crippen molar-refractivity contribution in [2.75, 3.05) is 11.5 Å². The summed E-state index contributed by atoms with van der Waals surface area (Å²) in [7, 11) is 0. The maximum atomic E-state index is 13.1. The van der Waals surface area contributed by atoms with E-state index in [1.807, 2.05) is 13.8 Å². The first-order valence-electron chi connectivity index (χ1n) is 9.06. The maximum Gasteiger partial charge on any atom is 0.339 e. The van der Waals surface area contributed by atoms with Crippen LogP contribution in [0.15, 0.2) is 41.5 Å². The van der Waals surface area contributed by atoms with Gasteiger partial charge in [0, 0.05) is 11.8 Å². The summed E-state index contributed by atoms with van der Waals surface area (Å²) in [5.74, 6) is -1.74. The minimum absolute atomic E-state index is 0.0109. The zero-order chi connectivity index (χ0) is 19.5. The molecule has 5 nitrogen and oxygen atoms in total. The van der Waals surface area contributed by atoms with E-state index in [4.69, 9.17) is 16.3 Å². The molecule has 4 atom stereocenters. The first kappa shape index (κ1) is 18.0. The van der Waals surface area contributed by atoms with Crippen LogP contribution < -0.4 is 4.90 Å². The Bertz CT molecular complexity index is 894. The lowest BCUT2D eigenvalue weighted by Gasteiger charge is -2.20. The van der Waals surface area contributed by atoms with E-state index in [-0.39, 0.29) is 52.7 Å². The minimum atomic E-state index is -0.572.